The molecule has 0 atom stereocenters. The van der Waals surface area contributed by atoms with Crippen molar-refractivity contribution < 1.29 is 9.47 Å². The Hall–Kier alpha value is -2.50. The van der Waals surface area contributed by atoms with E-state index in [2.05, 4.69) is 40.0 Å². The lowest BCUT2D eigenvalue weighted by atomic mass is 10.1. The molecule has 0 saturated heterocycles. The molecule has 0 unspecified atom stereocenters. The zero-order valence-electron chi connectivity index (χ0n) is 17.0. The van der Waals surface area contributed by atoms with Crippen LogP contribution in [0.2, 0.25) is 5.02 Å². The molecule has 0 aliphatic heterocycles. The number of hydrogen-bond donors (Lipinski definition) is 1. The Morgan fingerprint density at radius 2 is 2.00 bits per heavy atom. The van der Waals surface area contributed by atoms with Gasteiger partial charge in [0.05, 0.1) is 12.9 Å². The second-order valence-electron chi connectivity index (χ2n) is 6.93. The van der Waals surface area contributed by atoms with Crippen molar-refractivity contribution in [3.63, 3.8) is 0 Å². The van der Waals surface area contributed by atoms with Crippen LogP contribution in [0.25, 0.3) is 0 Å². The van der Waals surface area contributed by atoms with E-state index in [1.165, 1.54) is 5.56 Å². The topological polar surface area (TPSA) is 48.3 Å². The highest BCUT2D eigenvalue weighted by Gasteiger charge is 2.11. The Morgan fingerprint density at radius 1 is 1.14 bits per heavy atom. The van der Waals surface area contributed by atoms with E-state index in [-0.39, 0.29) is 0 Å². The Labute approximate surface area is 177 Å². The summed E-state index contributed by atoms with van der Waals surface area (Å²) >= 11 is 6.51. The van der Waals surface area contributed by atoms with Crippen molar-refractivity contribution in [1.29, 1.82) is 0 Å². The van der Waals surface area contributed by atoms with Crippen LogP contribution >= 0.6 is 11.6 Å². The summed E-state index contributed by atoms with van der Waals surface area (Å²) in [5, 5.41) is 4.12. The standard InChI is InChI=1S/C23H28ClN3O2/c1-3-28-22-13-20(15-25-8-5-10-27-11-9-26-17-27)21(24)14-23(22)29-16-19-7-4-6-18(2)12-19/h4,6-7,9,11-14,17,25H,3,5,8,10,15-16H2,1-2H3. The minimum absolute atomic E-state index is 0.476. The SMILES string of the molecule is CCOc1cc(CNCCCn2ccnc2)c(Cl)cc1OCc1cccc(C)c1. The van der Waals surface area contributed by atoms with Crippen molar-refractivity contribution in [1.82, 2.24) is 14.9 Å². The lowest BCUT2D eigenvalue weighted by Crippen LogP contribution is -2.16. The molecule has 5 nitrogen and oxygen atoms in total. The number of ether oxygens (including phenoxy) is 2. The van der Waals surface area contributed by atoms with Gasteiger partial charge in [-0.05, 0) is 44.0 Å². The highest BCUT2D eigenvalue weighted by atomic mass is 35.5. The first kappa shape index (κ1) is 21.2. The molecule has 1 N–H and O–H groups in total. The van der Waals surface area contributed by atoms with Crippen molar-refractivity contribution in [2.75, 3.05) is 13.2 Å². The lowest BCUT2D eigenvalue weighted by Gasteiger charge is -2.15. The molecule has 0 fully saturated rings. The van der Waals surface area contributed by atoms with E-state index in [1.54, 1.807) is 6.20 Å². The molecule has 3 rings (SSSR count). The molecule has 0 bridgehead atoms. The molecular weight excluding hydrogens is 386 g/mol. The van der Waals surface area contributed by atoms with Crippen molar-refractivity contribution in [2.24, 2.45) is 0 Å². The molecule has 6 heteroatoms. The molecule has 0 amide bonds. The van der Waals surface area contributed by atoms with Gasteiger partial charge < -0.3 is 19.4 Å². The maximum absolute atomic E-state index is 6.51. The first-order valence-electron chi connectivity index (χ1n) is 9.95. The second kappa shape index (κ2) is 10.9. The van der Waals surface area contributed by atoms with Crippen LogP contribution in [0, 0.1) is 6.92 Å². The summed E-state index contributed by atoms with van der Waals surface area (Å²) in [5.74, 6) is 1.39. The average Bonchev–Trinajstić information content (AvgIpc) is 3.22. The molecular formula is C23H28ClN3O2. The van der Waals surface area contributed by atoms with Gasteiger partial charge >= 0.3 is 0 Å². The monoisotopic (exact) mass is 413 g/mol. The number of imidazole rings is 1. The molecule has 3 aromatic rings. The Morgan fingerprint density at radius 3 is 2.76 bits per heavy atom. The van der Waals surface area contributed by atoms with Gasteiger partial charge in [0.25, 0.3) is 0 Å². The first-order valence-corrected chi connectivity index (χ1v) is 10.3. The van der Waals surface area contributed by atoms with Gasteiger partial charge in [-0.25, -0.2) is 4.98 Å². The van der Waals surface area contributed by atoms with Crippen LogP contribution in [0.4, 0.5) is 0 Å². The van der Waals surface area contributed by atoms with Crippen LogP contribution in [0.1, 0.15) is 30.0 Å². The van der Waals surface area contributed by atoms with Gasteiger partial charge in [0.1, 0.15) is 6.61 Å². The van der Waals surface area contributed by atoms with Gasteiger partial charge in [-0.15, -0.1) is 0 Å². The van der Waals surface area contributed by atoms with Crippen molar-refractivity contribution >= 4 is 11.6 Å². The summed E-state index contributed by atoms with van der Waals surface area (Å²) in [4.78, 5) is 4.05. The van der Waals surface area contributed by atoms with E-state index in [4.69, 9.17) is 21.1 Å². The highest BCUT2D eigenvalue weighted by Crippen LogP contribution is 2.34. The summed E-state index contributed by atoms with van der Waals surface area (Å²) in [6, 6.07) is 12.1. The summed E-state index contributed by atoms with van der Waals surface area (Å²) in [6.07, 6.45) is 6.62. The number of aromatic nitrogens is 2. The molecule has 154 valence electrons. The Bertz CT molecular complexity index is 897. The fourth-order valence-corrected chi connectivity index (χ4v) is 3.31. The lowest BCUT2D eigenvalue weighted by molar-refractivity contribution is 0.269. The molecule has 0 aliphatic rings. The van der Waals surface area contributed by atoms with E-state index < -0.39 is 0 Å². The summed E-state index contributed by atoms with van der Waals surface area (Å²) in [7, 11) is 0. The Kier molecular flexibility index (Phi) is 7.96. The zero-order chi connectivity index (χ0) is 20.5. The van der Waals surface area contributed by atoms with Crippen LogP contribution in [0.3, 0.4) is 0 Å². The molecule has 2 aromatic carbocycles. The minimum atomic E-state index is 0.476. The van der Waals surface area contributed by atoms with Gasteiger partial charge in [-0.3, -0.25) is 0 Å². The van der Waals surface area contributed by atoms with Crippen LogP contribution in [-0.4, -0.2) is 22.7 Å². The van der Waals surface area contributed by atoms with Crippen LogP contribution in [-0.2, 0) is 19.7 Å². The second-order valence-corrected chi connectivity index (χ2v) is 7.34. The third kappa shape index (κ3) is 6.51. The number of rotatable bonds is 11. The smallest absolute Gasteiger partial charge is 0.163 e. The Balaban J connectivity index is 1.57. The van der Waals surface area contributed by atoms with E-state index in [1.807, 2.05) is 37.6 Å². The van der Waals surface area contributed by atoms with Crippen LogP contribution in [0.5, 0.6) is 11.5 Å². The van der Waals surface area contributed by atoms with Gasteiger partial charge in [-0.2, -0.15) is 0 Å². The van der Waals surface area contributed by atoms with Crippen molar-refractivity contribution in [3.8, 4) is 11.5 Å². The largest absolute Gasteiger partial charge is 0.490 e. The van der Waals surface area contributed by atoms with E-state index >= 15 is 0 Å². The van der Waals surface area contributed by atoms with Crippen molar-refractivity contribution in [2.45, 2.75) is 40.0 Å². The minimum Gasteiger partial charge on any atom is -0.490 e. The number of benzene rings is 2. The number of halogens is 1. The number of nitrogens with one attached hydrogen (secondary N) is 1. The maximum Gasteiger partial charge on any atom is 0.163 e. The molecule has 0 saturated carbocycles. The van der Waals surface area contributed by atoms with Gasteiger partial charge in [0, 0.05) is 36.6 Å². The van der Waals surface area contributed by atoms with E-state index in [9.17, 15) is 0 Å². The molecule has 0 aliphatic carbocycles. The highest BCUT2D eigenvalue weighted by molar-refractivity contribution is 6.31. The number of nitrogens with zero attached hydrogens (tertiary/aromatic N) is 2. The number of hydrogen-bond acceptors (Lipinski definition) is 4. The quantitative estimate of drug-likeness (QED) is 0.449. The molecule has 29 heavy (non-hydrogen) atoms. The fraction of sp³-hybridized carbons (Fsp3) is 0.348. The maximum atomic E-state index is 6.51. The van der Waals surface area contributed by atoms with E-state index in [0.717, 1.165) is 36.4 Å². The molecule has 0 spiro atoms. The zero-order valence-corrected chi connectivity index (χ0v) is 17.8. The summed E-state index contributed by atoms with van der Waals surface area (Å²) in [6.45, 7) is 7.60. The van der Waals surface area contributed by atoms with Crippen LogP contribution < -0.4 is 14.8 Å². The third-order valence-electron chi connectivity index (χ3n) is 4.53. The van der Waals surface area contributed by atoms with Gasteiger partial charge in [0.2, 0.25) is 0 Å². The average molecular weight is 414 g/mol. The summed E-state index contributed by atoms with van der Waals surface area (Å²) < 4.78 is 13.9. The number of aryl methyl sites for hydroxylation is 2. The van der Waals surface area contributed by atoms with Gasteiger partial charge in [-0.1, -0.05) is 41.4 Å². The van der Waals surface area contributed by atoms with Crippen molar-refractivity contribution in [3.05, 3.63) is 76.8 Å². The first-order chi connectivity index (χ1) is 14.2. The summed E-state index contributed by atoms with van der Waals surface area (Å²) in [5.41, 5.74) is 3.33. The van der Waals surface area contributed by atoms with Gasteiger partial charge in [0.15, 0.2) is 11.5 Å². The molecule has 0 radical (unpaired) electrons. The van der Waals surface area contributed by atoms with E-state index in [0.29, 0.717) is 30.5 Å². The normalized spacial score (nSPS) is 10.9. The molecule has 1 aromatic heterocycles. The molecule has 1 heterocycles. The predicted octanol–water partition coefficient (Wildman–Crippen LogP) is 5.00. The predicted molar refractivity (Wildman–Crippen MR) is 117 cm³/mol. The van der Waals surface area contributed by atoms with Crippen LogP contribution in [0.15, 0.2) is 55.1 Å². The fourth-order valence-electron chi connectivity index (χ4n) is 3.09. The third-order valence-corrected chi connectivity index (χ3v) is 4.89.